The maximum atomic E-state index is 12.6. The highest BCUT2D eigenvalue weighted by atomic mass is 32.2. The lowest BCUT2D eigenvalue weighted by atomic mass is 10.2. The second-order valence-corrected chi connectivity index (χ2v) is 6.23. The Balaban J connectivity index is 2.46. The van der Waals surface area contributed by atoms with E-state index >= 15 is 0 Å². The summed E-state index contributed by atoms with van der Waals surface area (Å²) in [5.41, 5.74) is 4.71. The average Bonchev–Trinajstić information content (AvgIpc) is 3.02. The van der Waals surface area contributed by atoms with Gasteiger partial charge in [-0.25, -0.2) is 13.2 Å². The number of esters is 1. The van der Waals surface area contributed by atoms with E-state index in [1.165, 1.54) is 19.2 Å². The molecule has 2 aromatic rings. The maximum Gasteiger partial charge on any atom is 0.338 e. The highest BCUT2D eigenvalue weighted by Crippen LogP contribution is 2.27. The molecular formula is C13H15N5O6S. The van der Waals surface area contributed by atoms with E-state index in [0.717, 1.165) is 6.07 Å². The Bertz CT molecular complexity index is 907. The van der Waals surface area contributed by atoms with E-state index in [1.54, 1.807) is 6.92 Å². The molecule has 1 aromatic carbocycles. The molecule has 0 spiro atoms. The predicted octanol–water partition coefficient (Wildman–Crippen LogP) is -0.110. The summed E-state index contributed by atoms with van der Waals surface area (Å²) in [6.45, 7) is 1.75. The molecule has 0 saturated heterocycles. The third-order valence-corrected chi connectivity index (χ3v) is 4.34. The number of primary amides is 1. The molecule has 0 unspecified atom stereocenters. The number of rotatable bonds is 7. The van der Waals surface area contributed by atoms with Gasteiger partial charge in [-0.3, -0.25) is 9.52 Å². The Kier molecular flexibility index (Phi) is 5.22. The quantitative estimate of drug-likeness (QED) is 0.568. The van der Waals surface area contributed by atoms with E-state index in [0.29, 0.717) is 0 Å². The van der Waals surface area contributed by atoms with Crippen LogP contribution < -0.4 is 15.2 Å². The molecule has 0 radical (unpaired) electrons. The number of carbonyl (C=O) groups is 2. The Morgan fingerprint density at radius 3 is 2.64 bits per heavy atom. The van der Waals surface area contributed by atoms with Crippen LogP contribution in [0.25, 0.3) is 0 Å². The molecule has 1 amide bonds. The number of nitrogens with one attached hydrogen (secondary N) is 2. The number of nitrogens with zero attached hydrogens (tertiary/aromatic N) is 2. The Morgan fingerprint density at radius 1 is 1.32 bits per heavy atom. The SMILES string of the molecule is CCOC(=O)c1ccc(OC)c(S(=O)(=O)Nc2n[nH]nc2C(N)=O)c1. The molecule has 134 valence electrons. The molecule has 0 aliphatic rings. The number of hydrogen-bond donors (Lipinski definition) is 3. The van der Waals surface area contributed by atoms with Gasteiger partial charge < -0.3 is 15.2 Å². The first kappa shape index (κ1) is 18.2. The monoisotopic (exact) mass is 369 g/mol. The van der Waals surface area contributed by atoms with Gasteiger partial charge in [0.15, 0.2) is 11.5 Å². The van der Waals surface area contributed by atoms with Crippen LogP contribution in [0.4, 0.5) is 5.82 Å². The lowest BCUT2D eigenvalue weighted by Crippen LogP contribution is -2.19. The number of aromatic amines is 1. The number of amides is 1. The highest BCUT2D eigenvalue weighted by molar-refractivity contribution is 7.92. The summed E-state index contributed by atoms with van der Waals surface area (Å²) in [5.74, 6) is -2.07. The molecule has 2 rings (SSSR count). The van der Waals surface area contributed by atoms with Crippen LogP contribution in [-0.2, 0) is 14.8 Å². The van der Waals surface area contributed by atoms with Gasteiger partial charge in [-0.1, -0.05) is 0 Å². The average molecular weight is 369 g/mol. The van der Waals surface area contributed by atoms with Crippen LogP contribution in [0.2, 0.25) is 0 Å². The van der Waals surface area contributed by atoms with Gasteiger partial charge in [0.05, 0.1) is 19.3 Å². The van der Waals surface area contributed by atoms with Crippen molar-refractivity contribution in [2.45, 2.75) is 11.8 Å². The van der Waals surface area contributed by atoms with E-state index in [4.69, 9.17) is 15.2 Å². The second kappa shape index (κ2) is 7.17. The van der Waals surface area contributed by atoms with Gasteiger partial charge in [0, 0.05) is 0 Å². The molecule has 0 aliphatic heterocycles. The van der Waals surface area contributed by atoms with Gasteiger partial charge in [-0.2, -0.15) is 5.21 Å². The van der Waals surface area contributed by atoms with E-state index < -0.39 is 21.9 Å². The summed E-state index contributed by atoms with van der Waals surface area (Å²) in [5, 5.41) is 9.09. The molecule has 0 aliphatic carbocycles. The summed E-state index contributed by atoms with van der Waals surface area (Å²) in [6.07, 6.45) is 0. The van der Waals surface area contributed by atoms with Crippen LogP contribution in [0.1, 0.15) is 27.8 Å². The number of H-pyrrole nitrogens is 1. The zero-order chi connectivity index (χ0) is 18.6. The molecule has 1 aromatic heterocycles. The summed E-state index contributed by atoms with van der Waals surface area (Å²) in [6, 6.07) is 3.75. The minimum Gasteiger partial charge on any atom is -0.495 e. The summed E-state index contributed by atoms with van der Waals surface area (Å²) >= 11 is 0. The molecule has 0 atom stereocenters. The van der Waals surface area contributed by atoms with Crippen molar-refractivity contribution in [1.29, 1.82) is 0 Å². The normalized spacial score (nSPS) is 11.0. The lowest BCUT2D eigenvalue weighted by molar-refractivity contribution is 0.0526. The molecule has 0 saturated carbocycles. The third kappa shape index (κ3) is 3.85. The number of carbonyl (C=O) groups excluding carboxylic acids is 2. The van der Waals surface area contributed by atoms with Crippen molar-refractivity contribution in [1.82, 2.24) is 15.4 Å². The first-order valence-electron chi connectivity index (χ1n) is 6.88. The number of sulfonamides is 1. The summed E-state index contributed by atoms with van der Waals surface area (Å²) in [7, 11) is -3.00. The largest absolute Gasteiger partial charge is 0.495 e. The number of aromatic nitrogens is 3. The summed E-state index contributed by atoms with van der Waals surface area (Å²) in [4.78, 5) is 22.7. The van der Waals surface area contributed by atoms with Crippen molar-refractivity contribution >= 4 is 27.7 Å². The maximum absolute atomic E-state index is 12.6. The van der Waals surface area contributed by atoms with Crippen LogP contribution in [-0.4, -0.2) is 49.4 Å². The number of methoxy groups -OCH3 is 1. The lowest BCUT2D eigenvalue weighted by Gasteiger charge is -2.12. The van der Waals surface area contributed by atoms with Gasteiger partial charge in [-0.15, -0.1) is 10.2 Å². The standard InChI is InChI=1S/C13H15N5O6S/c1-3-24-13(20)7-4-5-8(23-2)9(6-7)25(21,22)17-12-10(11(14)19)15-18-16-12/h4-6H,3H2,1-2H3,(H2,14,19)(H2,15,16,17,18). The van der Waals surface area contributed by atoms with Gasteiger partial charge >= 0.3 is 5.97 Å². The van der Waals surface area contributed by atoms with Gasteiger partial charge in [0.25, 0.3) is 15.9 Å². The van der Waals surface area contributed by atoms with E-state index in [9.17, 15) is 18.0 Å². The smallest absolute Gasteiger partial charge is 0.338 e. The van der Waals surface area contributed by atoms with Gasteiger partial charge in [-0.05, 0) is 25.1 Å². The van der Waals surface area contributed by atoms with Crippen molar-refractivity contribution < 1.29 is 27.5 Å². The number of anilines is 1. The minimum absolute atomic E-state index is 0.0123. The third-order valence-electron chi connectivity index (χ3n) is 2.98. The Labute approximate surface area is 142 Å². The Hall–Kier alpha value is -3.15. The molecule has 11 nitrogen and oxygen atoms in total. The van der Waals surface area contributed by atoms with Crippen LogP contribution in [0.5, 0.6) is 5.75 Å². The predicted molar refractivity (Wildman–Crippen MR) is 84.7 cm³/mol. The van der Waals surface area contributed by atoms with Crippen molar-refractivity contribution in [2.75, 3.05) is 18.4 Å². The van der Waals surface area contributed by atoms with Gasteiger partial charge in [0.1, 0.15) is 10.6 Å². The van der Waals surface area contributed by atoms with Crippen LogP contribution in [0, 0.1) is 0 Å². The second-order valence-electron chi connectivity index (χ2n) is 4.58. The topological polar surface area (TPSA) is 166 Å². The van der Waals surface area contributed by atoms with Crippen molar-refractivity contribution in [3.05, 3.63) is 29.5 Å². The Morgan fingerprint density at radius 2 is 2.04 bits per heavy atom. The number of nitrogens with two attached hydrogens (primary N) is 1. The molecule has 0 bridgehead atoms. The van der Waals surface area contributed by atoms with Crippen LogP contribution in [0.15, 0.2) is 23.1 Å². The number of hydrogen-bond acceptors (Lipinski definition) is 8. The molecule has 0 fully saturated rings. The fourth-order valence-electron chi connectivity index (χ4n) is 1.88. The van der Waals surface area contributed by atoms with Gasteiger partial charge in [0.2, 0.25) is 0 Å². The zero-order valence-electron chi connectivity index (χ0n) is 13.3. The van der Waals surface area contributed by atoms with Crippen LogP contribution >= 0.6 is 0 Å². The molecular weight excluding hydrogens is 354 g/mol. The first-order chi connectivity index (χ1) is 11.8. The molecule has 4 N–H and O–H groups in total. The number of benzene rings is 1. The fraction of sp³-hybridized carbons (Fsp3) is 0.231. The number of ether oxygens (including phenoxy) is 2. The van der Waals surface area contributed by atoms with E-state index in [2.05, 4.69) is 20.1 Å². The van der Waals surface area contributed by atoms with Crippen LogP contribution in [0.3, 0.4) is 0 Å². The zero-order valence-corrected chi connectivity index (χ0v) is 14.1. The van der Waals surface area contributed by atoms with Crippen molar-refractivity contribution in [3.8, 4) is 5.75 Å². The van der Waals surface area contributed by atoms with E-state index in [1.807, 2.05) is 0 Å². The molecule has 1 heterocycles. The van der Waals surface area contributed by atoms with E-state index in [-0.39, 0.29) is 34.3 Å². The van der Waals surface area contributed by atoms with Crippen molar-refractivity contribution in [3.63, 3.8) is 0 Å². The highest BCUT2D eigenvalue weighted by Gasteiger charge is 2.25. The summed E-state index contributed by atoms with van der Waals surface area (Å²) < 4.78 is 37.1. The molecule has 25 heavy (non-hydrogen) atoms. The van der Waals surface area contributed by atoms with Crippen molar-refractivity contribution in [2.24, 2.45) is 5.73 Å². The minimum atomic E-state index is -4.27. The molecule has 12 heteroatoms. The first-order valence-corrected chi connectivity index (χ1v) is 8.37. The fourth-order valence-corrected chi connectivity index (χ4v) is 3.09.